The Morgan fingerprint density at radius 1 is 1.50 bits per heavy atom. The Morgan fingerprint density at radius 2 is 2.31 bits per heavy atom. The maximum atomic E-state index is 5.56. The number of nitrogens with one attached hydrogen (secondary N) is 1. The van der Waals surface area contributed by atoms with Crippen molar-refractivity contribution in [3.8, 4) is 5.88 Å². The van der Waals surface area contributed by atoms with E-state index in [9.17, 15) is 0 Å². The van der Waals surface area contributed by atoms with Crippen molar-refractivity contribution < 1.29 is 4.74 Å². The van der Waals surface area contributed by atoms with Gasteiger partial charge in [0.25, 0.3) is 0 Å². The molecular formula is C11H18N4O. The first-order valence-electron chi connectivity index (χ1n) is 5.73. The number of nitrogens with zero attached hydrogens (tertiary/aromatic N) is 2. The summed E-state index contributed by atoms with van der Waals surface area (Å²) in [5.74, 6) is 2.33. The summed E-state index contributed by atoms with van der Waals surface area (Å²) in [7, 11) is 1.79. The van der Waals surface area contributed by atoms with Crippen molar-refractivity contribution in [2.45, 2.75) is 25.7 Å². The fourth-order valence-corrected chi connectivity index (χ4v) is 1.76. The molecule has 0 aromatic carbocycles. The van der Waals surface area contributed by atoms with Gasteiger partial charge in [0.15, 0.2) is 0 Å². The largest absolute Gasteiger partial charge is 0.477 e. The van der Waals surface area contributed by atoms with E-state index in [1.165, 1.54) is 19.3 Å². The van der Waals surface area contributed by atoms with Gasteiger partial charge in [-0.15, -0.1) is 0 Å². The lowest BCUT2D eigenvalue weighted by Gasteiger charge is -2.24. The van der Waals surface area contributed by atoms with E-state index in [-0.39, 0.29) is 5.95 Å². The standard InChI is InChI=1S/C11H18N4O/c1-13-9-7-10(15-11(12)14-9)16-6-5-8-3-2-4-8/h7-8H,2-6H2,1H3,(H3,12,13,14,15). The maximum Gasteiger partial charge on any atom is 0.225 e. The highest BCUT2D eigenvalue weighted by molar-refractivity contribution is 5.41. The molecule has 1 aromatic heterocycles. The van der Waals surface area contributed by atoms with Gasteiger partial charge in [-0.25, -0.2) is 0 Å². The molecule has 1 aliphatic rings. The third-order valence-corrected chi connectivity index (χ3v) is 2.98. The van der Waals surface area contributed by atoms with Gasteiger partial charge in [-0.05, 0) is 12.3 Å². The van der Waals surface area contributed by atoms with Crippen molar-refractivity contribution in [2.75, 3.05) is 24.7 Å². The van der Waals surface area contributed by atoms with Crippen molar-refractivity contribution in [1.82, 2.24) is 9.97 Å². The summed E-state index contributed by atoms with van der Waals surface area (Å²) in [5, 5.41) is 2.92. The van der Waals surface area contributed by atoms with Gasteiger partial charge in [0, 0.05) is 13.1 Å². The van der Waals surface area contributed by atoms with E-state index in [0.29, 0.717) is 18.3 Å². The molecule has 1 saturated carbocycles. The van der Waals surface area contributed by atoms with E-state index in [1.807, 2.05) is 0 Å². The van der Waals surface area contributed by atoms with Crippen LogP contribution in [0.2, 0.25) is 0 Å². The molecule has 1 fully saturated rings. The van der Waals surface area contributed by atoms with Crippen molar-refractivity contribution >= 4 is 11.8 Å². The Hall–Kier alpha value is -1.52. The van der Waals surface area contributed by atoms with E-state index in [2.05, 4.69) is 15.3 Å². The molecule has 0 radical (unpaired) electrons. The Labute approximate surface area is 95.4 Å². The van der Waals surface area contributed by atoms with Gasteiger partial charge in [0.1, 0.15) is 5.82 Å². The molecule has 0 atom stereocenters. The van der Waals surface area contributed by atoms with Gasteiger partial charge >= 0.3 is 0 Å². The molecule has 3 N–H and O–H groups in total. The lowest BCUT2D eigenvalue weighted by atomic mass is 9.83. The smallest absolute Gasteiger partial charge is 0.225 e. The summed E-state index contributed by atoms with van der Waals surface area (Å²) in [4.78, 5) is 8.03. The Balaban J connectivity index is 1.84. The Kier molecular flexibility index (Phi) is 3.44. The first kappa shape index (κ1) is 11.0. The highest BCUT2D eigenvalue weighted by atomic mass is 16.5. The molecule has 0 amide bonds. The average molecular weight is 222 g/mol. The van der Waals surface area contributed by atoms with Crippen LogP contribution in [-0.4, -0.2) is 23.6 Å². The Morgan fingerprint density at radius 3 is 2.94 bits per heavy atom. The number of nitrogens with two attached hydrogens (primary N) is 1. The second-order valence-electron chi connectivity index (χ2n) is 4.13. The summed E-state index contributed by atoms with van der Waals surface area (Å²) >= 11 is 0. The van der Waals surface area contributed by atoms with Crippen molar-refractivity contribution in [2.24, 2.45) is 5.92 Å². The topological polar surface area (TPSA) is 73.1 Å². The van der Waals surface area contributed by atoms with Crippen LogP contribution < -0.4 is 15.8 Å². The minimum absolute atomic E-state index is 0.241. The normalized spacial score (nSPS) is 15.6. The molecule has 16 heavy (non-hydrogen) atoms. The van der Waals surface area contributed by atoms with Gasteiger partial charge in [0.05, 0.1) is 6.61 Å². The molecular weight excluding hydrogens is 204 g/mol. The van der Waals surface area contributed by atoms with Crippen molar-refractivity contribution in [3.63, 3.8) is 0 Å². The second kappa shape index (κ2) is 5.01. The Bertz CT molecular complexity index is 352. The highest BCUT2D eigenvalue weighted by Crippen LogP contribution is 2.29. The van der Waals surface area contributed by atoms with Gasteiger partial charge in [0.2, 0.25) is 11.8 Å². The average Bonchev–Trinajstić information content (AvgIpc) is 2.21. The number of aromatic nitrogens is 2. The first-order chi connectivity index (χ1) is 7.78. The summed E-state index contributed by atoms with van der Waals surface area (Å²) < 4.78 is 5.56. The molecule has 0 bridgehead atoms. The fraction of sp³-hybridized carbons (Fsp3) is 0.636. The molecule has 1 heterocycles. The number of anilines is 2. The highest BCUT2D eigenvalue weighted by Gasteiger charge is 2.17. The van der Waals surface area contributed by atoms with E-state index >= 15 is 0 Å². The lowest BCUT2D eigenvalue weighted by molar-refractivity contribution is 0.217. The molecule has 1 aliphatic carbocycles. The van der Waals surface area contributed by atoms with Crippen LogP contribution in [-0.2, 0) is 0 Å². The van der Waals surface area contributed by atoms with Crippen LogP contribution in [0.15, 0.2) is 6.07 Å². The number of hydrogen-bond donors (Lipinski definition) is 2. The van der Waals surface area contributed by atoms with E-state index in [4.69, 9.17) is 10.5 Å². The summed E-state index contributed by atoms with van der Waals surface area (Å²) in [6, 6.07) is 1.76. The minimum Gasteiger partial charge on any atom is -0.477 e. The minimum atomic E-state index is 0.241. The summed E-state index contributed by atoms with van der Waals surface area (Å²) in [6.07, 6.45) is 5.17. The number of hydrogen-bond acceptors (Lipinski definition) is 5. The van der Waals surface area contributed by atoms with Crippen LogP contribution in [0.3, 0.4) is 0 Å². The fourth-order valence-electron chi connectivity index (χ4n) is 1.76. The molecule has 0 aliphatic heterocycles. The van der Waals surface area contributed by atoms with Crippen LogP contribution in [0, 0.1) is 5.92 Å². The monoisotopic (exact) mass is 222 g/mol. The number of nitrogen functional groups attached to an aromatic ring is 1. The van der Waals surface area contributed by atoms with Crippen LogP contribution in [0.4, 0.5) is 11.8 Å². The van der Waals surface area contributed by atoms with Gasteiger partial charge in [-0.2, -0.15) is 9.97 Å². The van der Waals surface area contributed by atoms with Gasteiger partial charge in [-0.3, -0.25) is 0 Å². The number of rotatable bonds is 5. The van der Waals surface area contributed by atoms with E-state index in [1.54, 1.807) is 13.1 Å². The van der Waals surface area contributed by atoms with Gasteiger partial charge < -0.3 is 15.8 Å². The molecule has 1 aromatic rings. The first-order valence-corrected chi connectivity index (χ1v) is 5.73. The third kappa shape index (κ3) is 2.74. The van der Waals surface area contributed by atoms with Crippen LogP contribution in [0.5, 0.6) is 5.88 Å². The zero-order chi connectivity index (χ0) is 11.4. The zero-order valence-corrected chi connectivity index (χ0v) is 9.57. The summed E-state index contributed by atoms with van der Waals surface area (Å²) in [5.41, 5.74) is 5.56. The predicted molar refractivity (Wildman–Crippen MR) is 63.4 cm³/mol. The molecule has 0 spiro atoms. The SMILES string of the molecule is CNc1cc(OCCC2CCC2)nc(N)n1. The predicted octanol–water partition coefficient (Wildman–Crippen LogP) is 1.67. The molecule has 0 unspecified atom stereocenters. The van der Waals surface area contributed by atoms with E-state index in [0.717, 1.165) is 12.3 Å². The quantitative estimate of drug-likeness (QED) is 0.792. The van der Waals surface area contributed by atoms with E-state index < -0.39 is 0 Å². The van der Waals surface area contributed by atoms with Gasteiger partial charge in [-0.1, -0.05) is 19.3 Å². The maximum absolute atomic E-state index is 5.56. The number of ether oxygens (including phenoxy) is 1. The molecule has 2 rings (SSSR count). The second-order valence-corrected chi connectivity index (χ2v) is 4.13. The zero-order valence-electron chi connectivity index (χ0n) is 9.57. The molecule has 5 nitrogen and oxygen atoms in total. The van der Waals surface area contributed by atoms with Crippen molar-refractivity contribution in [1.29, 1.82) is 0 Å². The molecule has 88 valence electrons. The molecule has 5 heteroatoms. The lowest BCUT2D eigenvalue weighted by Crippen LogP contribution is -2.15. The third-order valence-electron chi connectivity index (χ3n) is 2.98. The van der Waals surface area contributed by atoms with Crippen LogP contribution >= 0.6 is 0 Å². The molecule has 0 saturated heterocycles. The summed E-state index contributed by atoms with van der Waals surface area (Å²) in [6.45, 7) is 0.713. The van der Waals surface area contributed by atoms with Crippen molar-refractivity contribution in [3.05, 3.63) is 6.07 Å². The van der Waals surface area contributed by atoms with Crippen LogP contribution in [0.1, 0.15) is 25.7 Å². The van der Waals surface area contributed by atoms with Crippen LogP contribution in [0.25, 0.3) is 0 Å².